The van der Waals surface area contributed by atoms with Crippen LogP contribution in [0.4, 0.5) is 0 Å². The molecule has 0 atom stereocenters. The molecule has 3 nitrogen and oxygen atoms in total. The van der Waals surface area contributed by atoms with E-state index in [0.29, 0.717) is 0 Å². The van der Waals surface area contributed by atoms with Gasteiger partial charge < -0.3 is 0 Å². The Balaban J connectivity index is 2.78. The van der Waals surface area contributed by atoms with Crippen molar-refractivity contribution < 1.29 is 0 Å². The van der Waals surface area contributed by atoms with Crippen LogP contribution in [0.15, 0.2) is 35.1 Å². The van der Waals surface area contributed by atoms with Crippen LogP contribution in [0, 0.1) is 0 Å². The van der Waals surface area contributed by atoms with Gasteiger partial charge in [-0.15, -0.1) is 0 Å². The summed E-state index contributed by atoms with van der Waals surface area (Å²) in [5.41, 5.74) is 1.81. The first-order valence-electron chi connectivity index (χ1n) is 4.78. The number of para-hydroxylation sites is 1. The molecule has 2 aromatic heterocycles. The minimum Gasteiger partial charge on any atom is -0.295 e. The summed E-state index contributed by atoms with van der Waals surface area (Å²) in [5.74, 6) is 0. The fourth-order valence-corrected chi connectivity index (χ4v) is 2.01. The molecule has 0 radical (unpaired) electrons. The molecule has 0 bridgehead atoms. The van der Waals surface area contributed by atoms with Crippen molar-refractivity contribution in [3.63, 3.8) is 0 Å². The number of imidazole rings is 1. The summed E-state index contributed by atoms with van der Waals surface area (Å²) in [5, 5.41) is 1.84. The molecule has 2 heterocycles. The van der Waals surface area contributed by atoms with E-state index in [9.17, 15) is 4.79 Å². The van der Waals surface area contributed by atoms with E-state index < -0.39 is 0 Å². The fourth-order valence-electron chi connectivity index (χ4n) is 2.01. The normalized spacial score (nSPS) is 11.5. The van der Waals surface area contributed by atoms with E-state index in [1.54, 1.807) is 16.0 Å². The Morgan fingerprint density at radius 2 is 1.93 bits per heavy atom. The second-order valence-corrected chi connectivity index (χ2v) is 3.71. The van der Waals surface area contributed by atoms with Crippen molar-refractivity contribution in [2.45, 2.75) is 0 Å². The molecule has 0 saturated carbocycles. The molecule has 74 valence electrons. The van der Waals surface area contributed by atoms with E-state index >= 15 is 0 Å². The van der Waals surface area contributed by atoms with Gasteiger partial charge in [0.15, 0.2) is 0 Å². The van der Waals surface area contributed by atoms with Crippen LogP contribution in [0.3, 0.4) is 0 Å². The lowest BCUT2D eigenvalue weighted by molar-refractivity contribution is 0.826. The summed E-state index contributed by atoms with van der Waals surface area (Å²) < 4.78 is 3.28. The Hall–Kier alpha value is -2.03. The number of benzene rings is 1. The molecule has 0 aliphatic rings. The van der Waals surface area contributed by atoms with Crippen molar-refractivity contribution in [1.82, 2.24) is 8.97 Å². The molecule has 0 aliphatic heterocycles. The topological polar surface area (TPSA) is 26.4 Å². The molecular weight excluding hydrogens is 188 g/mol. The molecule has 0 aliphatic carbocycles. The predicted molar refractivity (Wildman–Crippen MR) is 60.9 cm³/mol. The first kappa shape index (κ1) is 8.29. The molecule has 0 unspecified atom stereocenters. The van der Waals surface area contributed by atoms with E-state index in [1.807, 2.05) is 30.3 Å². The van der Waals surface area contributed by atoms with Crippen molar-refractivity contribution in [2.24, 2.45) is 7.05 Å². The van der Waals surface area contributed by atoms with Gasteiger partial charge in [-0.3, -0.25) is 8.97 Å². The first-order valence-corrected chi connectivity index (χ1v) is 4.78. The summed E-state index contributed by atoms with van der Waals surface area (Å²) in [6.07, 6.45) is 0. The monoisotopic (exact) mass is 198 g/mol. The van der Waals surface area contributed by atoms with E-state index in [0.717, 1.165) is 21.8 Å². The number of aromatic nitrogens is 2. The van der Waals surface area contributed by atoms with Crippen molar-refractivity contribution >= 4 is 23.0 Å². The summed E-state index contributed by atoms with van der Waals surface area (Å²) in [6, 6.07) is 9.85. The van der Waals surface area contributed by atoms with E-state index in [4.69, 9.17) is 0 Å². The summed E-state index contributed by atoms with van der Waals surface area (Å²) in [4.78, 5) is 11.9. The number of fused-ring (bicyclic) bond motifs is 3. The van der Waals surface area contributed by atoms with Crippen molar-refractivity contribution in [1.29, 1.82) is 0 Å². The lowest BCUT2D eigenvalue weighted by atomic mass is 10.2. The Morgan fingerprint density at radius 1 is 1.20 bits per heavy atom. The number of hydrogen-bond acceptors (Lipinski definition) is 1. The quantitative estimate of drug-likeness (QED) is 0.527. The maximum atomic E-state index is 11.9. The Morgan fingerprint density at radius 3 is 2.73 bits per heavy atom. The standard InChI is InChI=1S/C12H10N2O/c1-8-11-7-9-5-3-4-6-10(9)14(11)12(15)13(8)2/h3-7H,1H2,2H3. The van der Waals surface area contributed by atoms with Gasteiger partial charge in [-0.1, -0.05) is 24.8 Å². The zero-order valence-corrected chi connectivity index (χ0v) is 8.40. The van der Waals surface area contributed by atoms with Gasteiger partial charge >= 0.3 is 5.69 Å². The molecule has 3 rings (SSSR count). The minimum absolute atomic E-state index is 0.0313. The van der Waals surface area contributed by atoms with Gasteiger partial charge in [0.2, 0.25) is 0 Å². The van der Waals surface area contributed by atoms with Crippen LogP contribution in [0.1, 0.15) is 0 Å². The predicted octanol–water partition coefficient (Wildman–Crippen LogP) is 0.920. The highest BCUT2D eigenvalue weighted by molar-refractivity contribution is 5.87. The van der Waals surface area contributed by atoms with Crippen molar-refractivity contribution in [3.05, 3.63) is 46.2 Å². The second-order valence-electron chi connectivity index (χ2n) is 3.71. The highest BCUT2D eigenvalue weighted by Gasteiger charge is 2.09. The van der Waals surface area contributed by atoms with E-state index in [-0.39, 0.29) is 5.69 Å². The van der Waals surface area contributed by atoms with E-state index in [1.165, 1.54) is 0 Å². The molecule has 0 saturated heterocycles. The number of rotatable bonds is 0. The molecule has 0 fully saturated rings. The lowest BCUT2D eigenvalue weighted by Gasteiger charge is -1.89. The lowest BCUT2D eigenvalue weighted by Crippen LogP contribution is -2.23. The Bertz CT molecular complexity index is 764. The van der Waals surface area contributed by atoms with Gasteiger partial charge in [-0.05, 0) is 12.1 Å². The van der Waals surface area contributed by atoms with Crippen molar-refractivity contribution in [2.75, 3.05) is 0 Å². The van der Waals surface area contributed by atoms with E-state index in [2.05, 4.69) is 6.58 Å². The zero-order valence-electron chi connectivity index (χ0n) is 8.40. The number of nitrogens with zero attached hydrogens (tertiary/aromatic N) is 2. The minimum atomic E-state index is -0.0313. The van der Waals surface area contributed by atoms with Crippen LogP contribution >= 0.6 is 0 Å². The van der Waals surface area contributed by atoms with Crippen LogP contribution in [-0.4, -0.2) is 8.97 Å². The number of hydrogen-bond donors (Lipinski definition) is 0. The fraction of sp³-hybridized carbons (Fsp3) is 0.0833. The average Bonchev–Trinajstić information content (AvgIpc) is 2.72. The molecule has 0 N–H and O–H groups in total. The summed E-state index contributed by atoms with van der Waals surface area (Å²) in [6.45, 7) is 3.91. The summed E-state index contributed by atoms with van der Waals surface area (Å²) >= 11 is 0. The third kappa shape index (κ3) is 0.871. The third-order valence-corrected chi connectivity index (χ3v) is 2.89. The Kier molecular flexibility index (Phi) is 1.39. The molecule has 3 heteroatoms. The maximum absolute atomic E-state index is 11.9. The molecule has 0 amide bonds. The molecule has 0 spiro atoms. The SMILES string of the molecule is C=c1c2cc3ccccc3n2c(=O)n1C. The summed E-state index contributed by atoms with van der Waals surface area (Å²) in [7, 11) is 1.74. The van der Waals surface area contributed by atoms with Gasteiger partial charge in [0.25, 0.3) is 0 Å². The largest absolute Gasteiger partial charge is 0.333 e. The highest BCUT2D eigenvalue weighted by Crippen LogP contribution is 2.15. The molecule has 15 heavy (non-hydrogen) atoms. The zero-order chi connectivity index (χ0) is 10.6. The average molecular weight is 198 g/mol. The smallest absolute Gasteiger partial charge is 0.295 e. The van der Waals surface area contributed by atoms with Gasteiger partial charge in [0.1, 0.15) is 0 Å². The van der Waals surface area contributed by atoms with Crippen LogP contribution in [-0.2, 0) is 7.05 Å². The van der Waals surface area contributed by atoms with Crippen LogP contribution in [0.5, 0.6) is 0 Å². The van der Waals surface area contributed by atoms with Crippen LogP contribution in [0.2, 0.25) is 0 Å². The van der Waals surface area contributed by atoms with Crippen LogP contribution < -0.4 is 11.0 Å². The molecular formula is C12H10N2O. The van der Waals surface area contributed by atoms with Gasteiger partial charge in [0, 0.05) is 12.4 Å². The second kappa shape index (κ2) is 2.51. The van der Waals surface area contributed by atoms with Gasteiger partial charge in [-0.25, -0.2) is 4.79 Å². The Labute approximate surface area is 85.9 Å². The van der Waals surface area contributed by atoms with Gasteiger partial charge in [0.05, 0.1) is 16.4 Å². The molecule has 3 aromatic rings. The van der Waals surface area contributed by atoms with Crippen molar-refractivity contribution in [3.8, 4) is 0 Å². The first-order chi connectivity index (χ1) is 7.20. The van der Waals surface area contributed by atoms with Gasteiger partial charge in [-0.2, -0.15) is 0 Å². The highest BCUT2D eigenvalue weighted by atomic mass is 16.1. The van der Waals surface area contributed by atoms with Crippen LogP contribution in [0.25, 0.3) is 23.0 Å². The molecule has 1 aromatic carbocycles. The maximum Gasteiger partial charge on any atom is 0.333 e. The third-order valence-electron chi connectivity index (χ3n) is 2.89.